The van der Waals surface area contributed by atoms with Crippen LogP contribution in [0, 0.1) is 18.8 Å². The molecule has 1 aromatic carbocycles. The highest BCUT2D eigenvalue weighted by molar-refractivity contribution is 7.86. The molecule has 0 saturated carbocycles. The van der Waals surface area contributed by atoms with Crippen LogP contribution in [0.3, 0.4) is 0 Å². The zero-order valence-corrected chi connectivity index (χ0v) is 10.9. The summed E-state index contributed by atoms with van der Waals surface area (Å²) in [6, 6.07) is 6.53. The predicted molar refractivity (Wildman–Crippen MR) is 67.0 cm³/mol. The van der Waals surface area contributed by atoms with Crippen LogP contribution in [0.2, 0.25) is 0 Å². The molecule has 0 aromatic heterocycles. The Balaban J connectivity index is 2.64. The summed E-state index contributed by atoms with van der Waals surface area (Å²) < 4.78 is 28.2. The zero-order valence-electron chi connectivity index (χ0n) is 10.1. The van der Waals surface area contributed by atoms with Crippen molar-refractivity contribution in [3.8, 4) is 11.8 Å². The fraction of sp³-hybridized carbons (Fsp3) is 0.385. The quantitative estimate of drug-likeness (QED) is 0.611. The van der Waals surface area contributed by atoms with Crippen LogP contribution in [0.15, 0.2) is 29.2 Å². The van der Waals surface area contributed by atoms with Gasteiger partial charge in [-0.1, -0.05) is 30.5 Å². The van der Waals surface area contributed by atoms with E-state index in [2.05, 4.69) is 11.8 Å². The molecular weight excluding hydrogens is 236 g/mol. The van der Waals surface area contributed by atoms with E-state index in [-0.39, 0.29) is 11.5 Å². The van der Waals surface area contributed by atoms with E-state index in [1.54, 1.807) is 12.1 Å². The van der Waals surface area contributed by atoms with Gasteiger partial charge >= 0.3 is 0 Å². The molecule has 0 spiro atoms. The normalized spacial score (nSPS) is 10.7. The molecule has 4 heteroatoms. The lowest BCUT2D eigenvalue weighted by Crippen LogP contribution is -2.06. The minimum absolute atomic E-state index is 0.0871. The molecule has 0 atom stereocenters. The summed E-state index contributed by atoms with van der Waals surface area (Å²) in [6.07, 6.45) is 1.71. The van der Waals surface area contributed by atoms with Gasteiger partial charge in [-0.05, 0) is 25.5 Å². The summed E-state index contributed by atoms with van der Waals surface area (Å²) in [5.74, 6) is 5.50. The van der Waals surface area contributed by atoms with Crippen LogP contribution >= 0.6 is 0 Å². The average molecular weight is 252 g/mol. The standard InChI is InChI=1S/C13H16O3S/c1-3-4-5-6-11-16-17(14,15)13-9-7-12(2)8-10-13/h7-10H,3-4,11H2,1-2H3. The second-order valence-electron chi connectivity index (χ2n) is 3.63. The lowest BCUT2D eigenvalue weighted by Gasteiger charge is -2.02. The van der Waals surface area contributed by atoms with Crippen LogP contribution in [-0.2, 0) is 14.3 Å². The third-order valence-corrected chi connectivity index (χ3v) is 3.37. The van der Waals surface area contributed by atoms with Gasteiger partial charge in [-0.25, -0.2) is 0 Å². The molecule has 0 radical (unpaired) electrons. The Bertz CT molecular complexity index is 504. The molecule has 0 saturated heterocycles. The van der Waals surface area contributed by atoms with Crippen molar-refractivity contribution in [1.29, 1.82) is 0 Å². The van der Waals surface area contributed by atoms with Crippen molar-refractivity contribution in [3.05, 3.63) is 29.8 Å². The maximum atomic E-state index is 11.7. The van der Waals surface area contributed by atoms with E-state index >= 15 is 0 Å². The molecule has 0 unspecified atom stereocenters. The second-order valence-corrected chi connectivity index (χ2v) is 5.25. The monoisotopic (exact) mass is 252 g/mol. The van der Waals surface area contributed by atoms with E-state index in [1.165, 1.54) is 12.1 Å². The smallest absolute Gasteiger partial charge is 0.253 e. The fourth-order valence-corrected chi connectivity index (χ4v) is 1.96. The van der Waals surface area contributed by atoms with Gasteiger partial charge < -0.3 is 0 Å². The maximum absolute atomic E-state index is 11.7. The number of benzene rings is 1. The fourth-order valence-electron chi connectivity index (χ4n) is 1.14. The molecule has 0 N–H and O–H groups in total. The molecule has 3 nitrogen and oxygen atoms in total. The Morgan fingerprint density at radius 1 is 1.18 bits per heavy atom. The number of hydrogen-bond acceptors (Lipinski definition) is 3. The van der Waals surface area contributed by atoms with Crippen LogP contribution in [0.5, 0.6) is 0 Å². The summed E-state index contributed by atoms with van der Waals surface area (Å²) in [7, 11) is -3.67. The third kappa shape index (κ3) is 4.59. The Labute approximate surface area is 103 Å². The first kappa shape index (κ1) is 13.8. The first-order chi connectivity index (χ1) is 8.06. The lowest BCUT2D eigenvalue weighted by molar-refractivity contribution is 0.363. The van der Waals surface area contributed by atoms with Crippen molar-refractivity contribution < 1.29 is 12.6 Å². The number of unbranched alkanes of at least 4 members (excludes halogenated alkanes) is 1. The minimum atomic E-state index is -3.67. The molecule has 1 aromatic rings. The van der Waals surface area contributed by atoms with Crippen molar-refractivity contribution in [1.82, 2.24) is 0 Å². The highest BCUT2D eigenvalue weighted by Crippen LogP contribution is 2.12. The first-order valence-electron chi connectivity index (χ1n) is 5.48. The zero-order chi connectivity index (χ0) is 12.7. The van der Waals surface area contributed by atoms with Crippen molar-refractivity contribution in [3.63, 3.8) is 0 Å². The third-order valence-electron chi connectivity index (χ3n) is 2.10. The average Bonchev–Trinajstić information content (AvgIpc) is 2.29. The van der Waals surface area contributed by atoms with E-state index in [0.717, 1.165) is 18.4 Å². The summed E-state index contributed by atoms with van der Waals surface area (Å²) >= 11 is 0. The number of hydrogen-bond donors (Lipinski definition) is 0. The van der Waals surface area contributed by atoms with Gasteiger partial charge in [0, 0.05) is 6.42 Å². The van der Waals surface area contributed by atoms with Gasteiger partial charge in [-0.2, -0.15) is 8.42 Å². The van der Waals surface area contributed by atoms with E-state index < -0.39 is 10.1 Å². The second kappa shape index (κ2) is 6.43. The van der Waals surface area contributed by atoms with Gasteiger partial charge in [-0.15, -0.1) is 5.92 Å². The molecular formula is C13H16O3S. The van der Waals surface area contributed by atoms with Gasteiger partial charge in [-0.3, -0.25) is 4.18 Å². The van der Waals surface area contributed by atoms with Crippen molar-refractivity contribution >= 4 is 10.1 Å². The molecule has 1 rings (SSSR count). The van der Waals surface area contributed by atoms with Crippen LogP contribution in [0.4, 0.5) is 0 Å². The molecule has 0 aliphatic carbocycles. The van der Waals surface area contributed by atoms with Gasteiger partial charge in [0.25, 0.3) is 10.1 Å². The largest absolute Gasteiger partial charge is 0.297 e. The summed E-state index contributed by atoms with van der Waals surface area (Å²) in [5.41, 5.74) is 1.01. The molecule has 0 heterocycles. The maximum Gasteiger partial charge on any atom is 0.297 e. The highest BCUT2D eigenvalue weighted by Gasteiger charge is 2.13. The highest BCUT2D eigenvalue weighted by atomic mass is 32.2. The van der Waals surface area contributed by atoms with E-state index in [4.69, 9.17) is 4.18 Å². The van der Waals surface area contributed by atoms with Crippen molar-refractivity contribution in [2.45, 2.75) is 31.6 Å². The van der Waals surface area contributed by atoms with Crippen LogP contribution < -0.4 is 0 Å². The Kier molecular flexibility index (Phi) is 5.20. The van der Waals surface area contributed by atoms with Crippen molar-refractivity contribution in [2.75, 3.05) is 6.61 Å². The molecule has 0 bridgehead atoms. The van der Waals surface area contributed by atoms with E-state index in [0.29, 0.717) is 0 Å². The molecule has 0 amide bonds. The van der Waals surface area contributed by atoms with Gasteiger partial charge in [0.05, 0.1) is 4.90 Å². The lowest BCUT2D eigenvalue weighted by atomic mass is 10.2. The Morgan fingerprint density at radius 2 is 1.82 bits per heavy atom. The Hall–Kier alpha value is -1.31. The first-order valence-corrected chi connectivity index (χ1v) is 6.89. The van der Waals surface area contributed by atoms with Crippen LogP contribution in [0.25, 0.3) is 0 Å². The topological polar surface area (TPSA) is 43.4 Å². The van der Waals surface area contributed by atoms with Crippen LogP contribution in [-0.4, -0.2) is 15.0 Å². The van der Waals surface area contributed by atoms with Gasteiger partial charge in [0.2, 0.25) is 0 Å². The predicted octanol–water partition coefficient (Wildman–Crippen LogP) is 2.50. The number of aryl methyl sites for hydroxylation is 1. The summed E-state index contributed by atoms with van der Waals surface area (Å²) in [6.45, 7) is 3.82. The molecule has 92 valence electrons. The molecule has 0 aliphatic heterocycles. The molecule has 0 fully saturated rings. The van der Waals surface area contributed by atoms with E-state index in [1.807, 2.05) is 13.8 Å². The van der Waals surface area contributed by atoms with Crippen molar-refractivity contribution in [2.24, 2.45) is 0 Å². The summed E-state index contributed by atoms with van der Waals surface area (Å²) in [5, 5.41) is 0. The SMILES string of the molecule is CCCC#CCOS(=O)(=O)c1ccc(C)cc1. The van der Waals surface area contributed by atoms with Gasteiger partial charge in [0.15, 0.2) is 0 Å². The van der Waals surface area contributed by atoms with E-state index in [9.17, 15) is 8.42 Å². The van der Waals surface area contributed by atoms with Gasteiger partial charge in [0.1, 0.15) is 6.61 Å². The molecule has 17 heavy (non-hydrogen) atoms. The molecule has 0 aliphatic rings. The Morgan fingerprint density at radius 3 is 2.41 bits per heavy atom. The number of rotatable bonds is 4. The minimum Gasteiger partial charge on any atom is -0.253 e. The van der Waals surface area contributed by atoms with Crippen LogP contribution in [0.1, 0.15) is 25.3 Å². The summed E-state index contributed by atoms with van der Waals surface area (Å²) in [4.78, 5) is 0.167.